The second kappa shape index (κ2) is 5.61. The zero-order chi connectivity index (χ0) is 13.9. The number of rotatable bonds is 4. The topological polar surface area (TPSA) is 55.6 Å². The highest BCUT2D eigenvalue weighted by molar-refractivity contribution is 5.53. The van der Waals surface area contributed by atoms with Crippen LogP contribution in [0.1, 0.15) is 44.2 Å². The molecule has 1 saturated carbocycles. The summed E-state index contributed by atoms with van der Waals surface area (Å²) in [5, 5.41) is 7.46. The highest BCUT2D eigenvalue weighted by Gasteiger charge is 2.20. The van der Waals surface area contributed by atoms with E-state index >= 15 is 0 Å². The molecule has 1 aliphatic carbocycles. The second-order valence-corrected chi connectivity index (χ2v) is 5.27. The maximum absolute atomic E-state index is 4.80. The molecule has 0 spiro atoms. The molecule has 1 fully saturated rings. The third kappa shape index (κ3) is 2.40. The Balaban J connectivity index is 2.03. The molecule has 1 aliphatic rings. The smallest absolute Gasteiger partial charge is 0.180 e. The van der Waals surface area contributed by atoms with E-state index < -0.39 is 0 Å². The van der Waals surface area contributed by atoms with Gasteiger partial charge in [-0.05, 0) is 25.8 Å². The lowest BCUT2D eigenvalue weighted by Gasteiger charge is -2.12. The maximum Gasteiger partial charge on any atom is 0.180 e. The highest BCUT2D eigenvalue weighted by Crippen LogP contribution is 2.34. The number of nitrogens with zero attached hydrogens (tertiary/aromatic N) is 4. The van der Waals surface area contributed by atoms with E-state index in [0.29, 0.717) is 5.92 Å². The lowest BCUT2D eigenvalue weighted by atomic mass is 10.0. The van der Waals surface area contributed by atoms with Crippen molar-refractivity contribution < 1.29 is 0 Å². The minimum absolute atomic E-state index is 0.585. The lowest BCUT2D eigenvalue weighted by Crippen LogP contribution is -2.07. The van der Waals surface area contributed by atoms with Crippen LogP contribution in [-0.2, 0) is 6.54 Å². The molecule has 0 unspecified atom stereocenters. The van der Waals surface area contributed by atoms with Crippen molar-refractivity contribution in [3.05, 3.63) is 24.0 Å². The number of hydrogen-bond acceptors (Lipinski definition) is 4. The molecule has 106 valence electrons. The average Bonchev–Trinajstić information content (AvgIpc) is 3.17. The molecule has 0 amide bonds. The monoisotopic (exact) mass is 271 g/mol. The van der Waals surface area contributed by atoms with Gasteiger partial charge in [-0.2, -0.15) is 5.10 Å². The zero-order valence-corrected chi connectivity index (χ0v) is 12.1. The SMILES string of the molecule is CCn1nccc1-c1nc(NC)cc(C2CCCC2)n1. The molecule has 5 nitrogen and oxygen atoms in total. The first-order valence-electron chi connectivity index (χ1n) is 7.40. The Kier molecular flexibility index (Phi) is 3.67. The van der Waals surface area contributed by atoms with Crippen LogP contribution in [-0.4, -0.2) is 26.8 Å². The van der Waals surface area contributed by atoms with Crippen LogP contribution in [0.5, 0.6) is 0 Å². The van der Waals surface area contributed by atoms with Crippen LogP contribution in [0.3, 0.4) is 0 Å². The first kappa shape index (κ1) is 13.1. The van der Waals surface area contributed by atoms with Crippen molar-refractivity contribution in [3.8, 4) is 11.5 Å². The van der Waals surface area contributed by atoms with E-state index in [1.807, 2.05) is 24.0 Å². The number of aryl methyl sites for hydroxylation is 1. The Bertz CT molecular complexity index is 584. The molecule has 2 heterocycles. The Labute approximate surface area is 119 Å². The minimum Gasteiger partial charge on any atom is -0.373 e. The molecule has 0 aromatic carbocycles. The summed E-state index contributed by atoms with van der Waals surface area (Å²) >= 11 is 0. The second-order valence-electron chi connectivity index (χ2n) is 5.27. The van der Waals surface area contributed by atoms with Gasteiger partial charge in [0.15, 0.2) is 5.82 Å². The lowest BCUT2D eigenvalue weighted by molar-refractivity contribution is 0.659. The Morgan fingerprint density at radius 3 is 2.80 bits per heavy atom. The molecule has 0 bridgehead atoms. The average molecular weight is 271 g/mol. The van der Waals surface area contributed by atoms with Crippen LogP contribution < -0.4 is 5.32 Å². The van der Waals surface area contributed by atoms with Gasteiger partial charge in [-0.25, -0.2) is 9.97 Å². The van der Waals surface area contributed by atoms with E-state index in [4.69, 9.17) is 4.98 Å². The third-order valence-electron chi connectivity index (χ3n) is 4.02. The van der Waals surface area contributed by atoms with Crippen LogP contribution >= 0.6 is 0 Å². The Morgan fingerprint density at radius 1 is 1.30 bits per heavy atom. The van der Waals surface area contributed by atoms with Gasteiger partial charge in [0, 0.05) is 37.5 Å². The summed E-state index contributed by atoms with van der Waals surface area (Å²) in [7, 11) is 1.90. The van der Waals surface area contributed by atoms with Crippen molar-refractivity contribution in [2.24, 2.45) is 0 Å². The first-order valence-corrected chi connectivity index (χ1v) is 7.40. The minimum atomic E-state index is 0.585. The number of anilines is 1. The number of hydrogen-bond donors (Lipinski definition) is 1. The maximum atomic E-state index is 4.80. The van der Waals surface area contributed by atoms with E-state index in [2.05, 4.69) is 28.4 Å². The van der Waals surface area contributed by atoms with Gasteiger partial charge in [0.05, 0.1) is 0 Å². The van der Waals surface area contributed by atoms with Crippen molar-refractivity contribution in [2.45, 2.75) is 45.1 Å². The summed E-state index contributed by atoms with van der Waals surface area (Å²) in [5.74, 6) is 2.25. The summed E-state index contributed by atoms with van der Waals surface area (Å²) in [6.07, 6.45) is 6.92. The van der Waals surface area contributed by atoms with Gasteiger partial charge in [0.2, 0.25) is 0 Å². The molecule has 0 atom stereocenters. The van der Waals surface area contributed by atoms with Crippen molar-refractivity contribution in [2.75, 3.05) is 12.4 Å². The van der Waals surface area contributed by atoms with Crippen LogP contribution in [0, 0.1) is 0 Å². The fraction of sp³-hybridized carbons (Fsp3) is 0.533. The van der Waals surface area contributed by atoms with E-state index in [-0.39, 0.29) is 0 Å². The summed E-state index contributed by atoms with van der Waals surface area (Å²) in [4.78, 5) is 9.39. The van der Waals surface area contributed by atoms with Crippen molar-refractivity contribution in [3.63, 3.8) is 0 Å². The molecular formula is C15H21N5. The van der Waals surface area contributed by atoms with Gasteiger partial charge < -0.3 is 5.32 Å². The quantitative estimate of drug-likeness (QED) is 0.928. The van der Waals surface area contributed by atoms with Gasteiger partial charge in [-0.3, -0.25) is 4.68 Å². The summed E-state index contributed by atoms with van der Waals surface area (Å²) in [5.41, 5.74) is 2.16. The van der Waals surface area contributed by atoms with Gasteiger partial charge in [-0.1, -0.05) is 12.8 Å². The molecule has 3 rings (SSSR count). The molecule has 2 aromatic heterocycles. The molecule has 0 saturated heterocycles. The first-order chi connectivity index (χ1) is 9.81. The molecule has 0 radical (unpaired) electrons. The van der Waals surface area contributed by atoms with Gasteiger partial charge in [0.25, 0.3) is 0 Å². The van der Waals surface area contributed by atoms with E-state index in [1.165, 1.54) is 31.4 Å². The van der Waals surface area contributed by atoms with Gasteiger partial charge in [0.1, 0.15) is 11.5 Å². The fourth-order valence-corrected chi connectivity index (χ4v) is 2.91. The molecule has 1 N–H and O–H groups in total. The molecule has 0 aliphatic heterocycles. The van der Waals surface area contributed by atoms with Gasteiger partial charge in [-0.15, -0.1) is 0 Å². The van der Waals surface area contributed by atoms with E-state index in [0.717, 1.165) is 23.9 Å². The molecule has 2 aromatic rings. The highest BCUT2D eigenvalue weighted by atomic mass is 15.3. The summed E-state index contributed by atoms with van der Waals surface area (Å²) in [6, 6.07) is 4.07. The number of aromatic nitrogens is 4. The molecule has 5 heteroatoms. The van der Waals surface area contributed by atoms with E-state index in [9.17, 15) is 0 Å². The van der Waals surface area contributed by atoms with Crippen LogP contribution in [0.4, 0.5) is 5.82 Å². The predicted molar refractivity (Wildman–Crippen MR) is 79.7 cm³/mol. The third-order valence-corrected chi connectivity index (χ3v) is 4.02. The molecular weight excluding hydrogens is 250 g/mol. The zero-order valence-electron chi connectivity index (χ0n) is 12.1. The van der Waals surface area contributed by atoms with Crippen LogP contribution in [0.2, 0.25) is 0 Å². The largest absolute Gasteiger partial charge is 0.373 e. The van der Waals surface area contributed by atoms with Crippen LogP contribution in [0.15, 0.2) is 18.3 Å². The van der Waals surface area contributed by atoms with Crippen molar-refractivity contribution >= 4 is 5.82 Å². The Morgan fingerprint density at radius 2 is 2.10 bits per heavy atom. The standard InChI is InChI=1S/C15H21N5/c1-3-20-13(8-9-17-20)15-18-12(10-14(16-2)19-15)11-6-4-5-7-11/h8-11H,3-7H2,1-2H3,(H,16,18,19). The summed E-state index contributed by atoms with van der Waals surface area (Å²) in [6.45, 7) is 2.91. The van der Waals surface area contributed by atoms with Crippen molar-refractivity contribution in [1.29, 1.82) is 0 Å². The van der Waals surface area contributed by atoms with E-state index in [1.54, 1.807) is 0 Å². The normalized spacial score (nSPS) is 15.7. The summed E-state index contributed by atoms with van der Waals surface area (Å²) < 4.78 is 1.94. The van der Waals surface area contributed by atoms with Crippen LogP contribution in [0.25, 0.3) is 11.5 Å². The Hall–Kier alpha value is -1.91. The molecule has 20 heavy (non-hydrogen) atoms. The van der Waals surface area contributed by atoms with Crippen molar-refractivity contribution in [1.82, 2.24) is 19.7 Å². The number of nitrogens with one attached hydrogen (secondary N) is 1. The fourth-order valence-electron chi connectivity index (χ4n) is 2.91. The van der Waals surface area contributed by atoms with Gasteiger partial charge >= 0.3 is 0 Å². The predicted octanol–water partition coefficient (Wildman–Crippen LogP) is 3.06.